The largest absolute Gasteiger partial charge is 0.396 e. The second kappa shape index (κ2) is 9.49. The number of halogens is 1. The van der Waals surface area contributed by atoms with Gasteiger partial charge in [-0.3, -0.25) is 14.2 Å². The molecule has 0 aliphatic rings. The van der Waals surface area contributed by atoms with Gasteiger partial charge >= 0.3 is 0 Å². The van der Waals surface area contributed by atoms with Crippen LogP contribution in [0.15, 0.2) is 59.7 Å². The summed E-state index contributed by atoms with van der Waals surface area (Å²) in [6.07, 6.45) is 3.30. The van der Waals surface area contributed by atoms with Crippen LogP contribution < -0.4 is 21.5 Å². The van der Waals surface area contributed by atoms with Crippen molar-refractivity contribution in [3.63, 3.8) is 0 Å². The molecule has 0 radical (unpaired) electrons. The molecule has 10 nitrogen and oxygen atoms in total. The molecule has 0 saturated heterocycles. The van der Waals surface area contributed by atoms with Crippen molar-refractivity contribution in [2.45, 2.75) is 6.42 Å². The van der Waals surface area contributed by atoms with Gasteiger partial charge in [-0.25, -0.2) is 9.37 Å². The lowest BCUT2D eigenvalue weighted by Crippen LogP contribution is -2.25. The van der Waals surface area contributed by atoms with E-state index in [2.05, 4.69) is 26.0 Å². The summed E-state index contributed by atoms with van der Waals surface area (Å²) in [6.45, 7) is 0.274. The summed E-state index contributed by atoms with van der Waals surface area (Å²) in [6, 6.07) is 10.8. The Labute approximate surface area is 187 Å². The Bertz CT molecular complexity index is 1370. The highest BCUT2D eigenvalue weighted by Gasteiger charge is 2.17. The number of fused-ring (bicyclic) bond motifs is 1. The number of amides is 1. The molecule has 0 atom stereocenters. The molecule has 33 heavy (non-hydrogen) atoms. The van der Waals surface area contributed by atoms with Crippen LogP contribution in [-0.2, 0) is 0 Å². The van der Waals surface area contributed by atoms with Crippen LogP contribution in [0.4, 0.5) is 21.7 Å². The number of hydrogen-bond donors (Lipinski definition) is 4. The first-order valence-corrected chi connectivity index (χ1v) is 10.2. The molecule has 0 fully saturated rings. The lowest BCUT2D eigenvalue weighted by Gasteiger charge is -2.12. The first kappa shape index (κ1) is 22.0. The quantitative estimate of drug-likeness (QED) is 0.302. The predicted octanol–water partition coefficient (Wildman–Crippen LogP) is 1.92. The third-order valence-corrected chi connectivity index (χ3v) is 4.91. The Morgan fingerprint density at radius 1 is 1.21 bits per heavy atom. The topological polar surface area (TPSA) is 126 Å². The number of pyridine rings is 1. The molecule has 170 valence electrons. The number of rotatable bonds is 8. The summed E-state index contributed by atoms with van der Waals surface area (Å²) >= 11 is 0. The van der Waals surface area contributed by atoms with Crippen molar-refractivity contribution in [2.24, 2.45) is 0 Å². The number of para-hydroxylation sites is 1. The standard InChI is InChI=1S/C22H22FN7O3/c1-24-19-12-18(28-20-14(13-26-30(19)20)21(32)25-9-5-11-31)27-16-7-4-10-29(22(16)33)17-8-3-2-6-15(17)23/h2-4,6-8,10,12-13,24,31H,5,9,11H2,1H3,(H,25,32)(H,27,28). The lowest BCUT2D eigenvalue weighted by molar-refractivity contribution is 0.0952. The SMILES string of the molecule is CNc1cc(Nc2cccn(-c3ccccc3F)c2=O)nc2c(C(=O)NCCCO)cnn12. The molecule has 0 saturated carbocycles. The molecule has 4 aromatic rings. The Balaban J connectivity index is 1.72. The third-order valence-electron chi connectivity index (χ3n) is 4.91. The molecule has 4 N–H and O–H groups in total. The average molecular weight is 451 g/mol. The first-order valence-electron chi connectivity index (χ1n) is 10.2. The smallest absolute Gasteiger partial charge is 0.278 e. The van der Waals surface area contributed by atoms with Crippen molar-refractivity contribution in [1.82, 2.24) is 24.5 Å². The Morgan fingerprint density at radius 3 is 2.79 bits per heavy atom. The van der Waals surface area contributed by atoms with E-state index in [1.165, 1.54) is 33.6 Å². The molecule has 1 amide bonds. The molecule has 0 aliphatic heterocycles. The fraction of sp³-hybridized carbons (Fsp3) is 0.182. The highest BCUT2D eigenvalue weighted by molar-refractivity contribution is 6.00. The number of carbonyl (C=O) groups excluding carboxylic acids is 1. The number of hydrogen-bond acceptors (Lipinski definition) is 7. The zero-order valence-corrected chi connectivity index (χ0v) is 17.7. The van der Waals surface area contributed by atoms with Crippen LogP contribution in [0, 0.1) is 5.82 Å². The highest BCUT2D eigenvalue weighted by atomic mass is 19.1. The monoisotopic (exact) mass is 451 g/mol. The van der Waals surface area contributed by atoms with E-state index in [1.54, 1.807) is 37.4 Å². The van der Waals surface area contributed by atoms with Crippen LogP contribution in [0.2, 0.25) is 0 Å². The van der Waals surface area contributed by atoms with E-state index in [-0.39, 0.29) is 35.1 Å². The minimum absolute atomic E-state index is 0.0350. The zero-order chi connectivity index (χ0) is 23.4. The fourth-order valence-electron chi connectivity index (χ4n) is 3.31. The van der Waals surface area contributed by atoms with Crippen LogP contribution in [0.1, 0.15) is 16.8 Å². The van der Waals surface area contributed by atoms with Gasteiger partial charge in [-0.1, -0.05) is 12.1 Å². The molecule has 3 aromatic heterocycles. The van der Waals surface area contributed by atoms with Crippen molar-refractivity contribution in [3.05, 3.63) is 76.6 Å². The van der Waals surface area contributed by atoms with Gasteiger partial charge in [0.15, 0.2) is 5.65 Å². The molecular formula is C22H22FN7O3. The number of aliphatic hydroxyl groups is 1. The van der Waals surface area contributed by atoms with E-state index in [1.807, 2.05) is 0 Å². The van der Waals surface area contributed by atoms with Gasteiger partial charge in [0, 0.05) is 32.5 Å². The summed E-state index contributed by atoms with van der Waals surface area (Å²) in [5, 5.41) is 21.8. The van der Waals surface area contributed by atoms with Crippen molar-refractivity contribution < 1.29 is 14.3 Å². The number of nitrogens with one attached hydrogen (secondary N) is 3. The number of benzene rings is 1. The minimum atomic E-state index is -0.523. The van der Waals surface area contributed by atoms with Gasteiger partial charge in [0.2, 0.25) is 0 Å². The number of nitrogens with zero attached hydrogens (tertiary/aromatic N) is 4. The van der Waals surface area contributed by atoms with Crippen LogP contribution in [-0.4, -0.2) is 50.4 Å². The second-order valence-electron chi connectivity index (χ2n) is 7.08. The van der Waals surface area contributed by atoms with Gasteiger partial charge in [-0.2, -0.15) is 9.61 Å². The van der Waals surface area contributed by atoms with Gasteiger partial charge in [-0.15, -0.1) is 0 Å². The van der Waals surface area contributed by atoms with Gasteiger partial charge in [0.1, 0.15) is 28.7 Å². The minimum Gasteiger partial charge on any atom is -0.396 e. The normalized spacial score (nSPS) is 10.9. The Kier molecular flexibility index (Phi) is 6.31. The maximum Gasteiger partial charge on any atom is 0.278 e. The lowest BCUT2D eigenvalue weighted by atomic mass is 10.3. The van der Waals surface area contributed by atoms with E-state index in [9.17, 15) is 14.0 Å². The van der Waals surface area contributed by atoms with Crippen LogP contribution in [0.3, 0.4) is 0 Å². The molecule has 0 aliphatic carbocycles. The van der Waals surface area contributed by atoms with E-state index in [0.717, 1.165) is 0 Å². The summed E-state index contributed by atoms with van der Waals surface area (Å²) in [4.78, 5) is 30.0. The van der Waals surface area contributed by atoms with Gasteiger partial charge in [-0.05, 0) is 30.7 Å². The molecular weight excluding hydrogens is 429 g/mol. The molecule has 0 unspecified atom stereocenters. The molecule has 3 heterocycles. The maximum absolute atomic E-state index is 14.2. The summed E-state index contributed by atoms with van der Waals surface area (Å²) in [5.74, 6) is -0.0842. The van der Waals surface area contributed by atoms with Crippen molar-refractivity contribution in [1.29, 1.82) is 0 Å². The van der Waals surface area contributed by atoms with Gasteiger partial charge in [0.25, 0.3) is 11.5 Å². The highest BCUT2D eigenvalue weighted by Crippen LogP contribution is 2.21. The van der Waals surface area contributed by atoms with Crippen molar-refractivity contribution in [3.8, 4) is 5.69 Å². The van der Waals surface area contributed by atoms with E-state index in [0.29, 0.717) is 24.6 Å². The molecule has 11 heteroatoms. The average Bonchev–Trinajstić information content (AvgIpc) is 3.25. The summed E-state index contributed by atoms with van der Waals surface area (Å²) in [7, 11) is 1.69. The van der Waals surface area contributed by atoms with Crippen molar-refractivity contribution >= 4 is 28.9 Å². The van der Waals surface area contributed by atoms with Gasteiger partial charge in [0.05, 0.1) is 11.9 Å². The van der Waals surface area contributed by atoms with E-state index < -0.39 is 11.4 Å². The summed E-state index contributed by atoms with van der Waals surface area (Å²) in [5.41, 5.74) is 0.350. The first-order chi connectivity index (χ1) is 16.0. The van der Waals surface area contributed by atoms with Crippen molar-refractivity contribution in [2.75, 3.05) is 30.8 Å². The second-order valence-corrected chi connectivity index (χ2v) is 7.08. The van der Waals surface area contributed by atoms with Crippen LogP contribution in [0.25, 0.3) is 11.3 Å². The van der Waals surface area contributed by atoms with Crippen LogP contribution in [0.5, 0.6) is 0 Å². The summed E-state index contributed by atoms with van der Waals surface area (Å²) < 4.78 is 16.9. The number of anilines is 3. The zero-order valence-electron chi connectivity index (χ0n) is 17.7. The molecule has 0 spiro atoms. The fourth-order valence-corrected chi connectivity index (χ4v) is 3.31. The Hall–Kier alpha value is -4.25. The molecule has 4 rings (SSSR count). The molecule has 0 bridgehead atoms. The molecule has 1 aromatic carbocycles. The number of aromatic nitrogens is 4. The maximum atomic E-state index is 14.2. The third kappa shape index (κ3) is 4.39. The van der Waals surface area contributed by atoms with Crippen LogP contribution >= 0.6 is 0 Å². The van der Waals surface area contributed by atoms with E-state index in [4.69, 9.17) is 5.11 Å². The van der Waals surface area contributed by atoms with Gasteiger partial charge < -0.3 is 21.1 Å². The predicted molar refractivity (Wildman–Crippen MR) is 122 cm³/mol. The number of carbonyl (C=O) groups is 1. The Morgan fingerprint density at radius 2 is 2.03 bits per heavy atom. The van der Waals surface area contributed by atoms with E-state index >= 15 is 0 Å². The number of aliphatic hydroxyl groups excluding tert-OH is 1.